The highest BCUT2D eigenvalue weighted by Crippen LogP contribution is 2.41. The summed E-state index contributed by atoms with van der Waals surface area (Å²) in [6, 6.07) is 5.64. The van der Waals surface area contributed by atoms with Gasteiger partial charge in [0.25, 0.3) is 0 Å². The maximum absolute atomic E-state index is 13.2. The smallest absolute Gasteiger partial charge is 0.317 e. The van der Waals surface area contributed by atoms with Gasteiger partial charge in [0.15, 0.2) is 5.78 Å². The number of urea groups is 1. The second kappa shape index (κ2) is 8.81. The number of unbranched alkanes of at least 4 members (excludes halogenated alkanes) is 1. The number of rotatable bonds is 6. The molecule has 166 valence electrons. The van der Waals surface area contributed by atoms with Gasteiger partial charge in [-0.2, -0.15) is 5.10 Å². The van der Waals surface area contributed by atoms with Crippen molar-refractivity contribution in [3.05, 3.63) is 47.0 Å². The van der Waals surface area contributed by atoms with Crippen LogP contribution in [0.1, 0.15) is 86.4 Å². The van der Waals surface area contributed by atoms with Gasteiger partial charge in [0.1, 0.15) is 0 Å². The van der Waals surface area contributed by atoms with E-state index < -0.39 is 0 Å². The molecule has 0 unspecified atom stereocenters. The first-order valence-corrected chi connectivity index (χ1v) is 11.5. The summed E-state index contributed by atoms with van der Waals surface area (Å²) in [6.45, 7) is 8.28. The van der Waals surface area contributed by atoms with Crippen molar-refractivity contribution in [1.82, 2.24) is 25.0 Å². The van der Waals surface area contributed by atoms with Gasteiger partial charge in [-0.15, -0.1) is 0 Å². The Morgan fingerprint density at radius 3 is 2.87 bits per heavy atom. The highest BCUT2D eigenvalue weighted by atomic mass is 16.2. The highest BCUT2D eigenvalue weighted by Gasteiger charge is 2.41. The average molecular weight is 424 g/mol. The Balaban J connectivity index is 1.69. The zero-order chi connectivity index (χ0) is 22.0. The van der Waals surface area contributed by atoms with Crippen LogP contribution >= 0.6 is 0 Å². The fourth-order valence-electron chi connectivity index (χ4n) is 4.82. The van der Waals surface area contributed by atoms with Crippen LogP contribution < -0.4 is 5.32 Å². The Kier molecular flexibility index (Phi) is 6.12. The summed E-state index contributed by atoms with van der Waals surface area (Å²) in [7, 11) is 0. The van der Waals surface area contributed by atoms with Crippen LogP contribution in [0, 0.1) is 5.41 Å². The van der Waals surface area contributed by atoms with Gasteiger partial charge in [-0.25, -0.2) is 4.79 Å². The molecule has 7 heteroatoms. The number of Topliss-reactive ketones (excluding diaryl/α,β-unsaturated/α-hetero) is 1. The molecule has 31 heavy (non-hydrogen) atoms. The number of aromatic nitrogens is 3. The third kappa shape index (κ3) is 4.50. The van der Waals surface area contributed by atoms with Gasteiger partial charge >= 0.3 is 6.03 Å². The molecule has 0 saturated carbocycles. The Bertz CT molecular complexity index is 950. The van der Waals surface area contributed by atoms with Crippen molar-refractivity contribution in [2.45, 2.75) is 71.9 Å². The van der Waals surface area contributed by atoms with E-state index in [4.69, 9.17) is 5.10 Å². The fraction of sp³-hybridized carbons (Fsp3) is 0.583. The lowest BCUT2D eigenvalue weighted by atomic mass is 9.75. The van der Waals surface area contributed by atoms with Crippen LogP contribution in [0.5, 0.6) is 0 Å². The Morgan fingerprint density at radius 1 is 1.29 bits per heavy atom. The van der Waals surface area contributed by atoms with Gasteiger partial charge in [0.2, 0.25) is 0 Å². The summed E-state index contributed by atoms with van der Waals surface area (Å²) < 4.78 is 1.96. The number of ketones is 1. The number of carbonyl (C=O) groups excluding carboxylic acids is 2. The summed E-state index contributed by atoms with van der Waals surface area (Å²) >= 11 is 0. The Morgan fingerprint density at radius 2 is 2.13 bits per heavy atom. The van der Waals surface area contributed by atoms with Crippen molar-refractivity contribution in [1.29, 1.82) is 0 Å². The number of likely N-dealkylation sites (tertiary alicyclic amines) is 1. The van der Waals surface area contributed by atoms with E-state index in [0.717, 1.165) is 54.7 Å². The fourth-order valence-corrected chi connectivity index (χ4v) is 4.82. The largest absolute Gasteiger partial charge is 0.338 e. The molecule has 1 N–H and O–H groups in total. The lowest BCUT2D eigenvalue weighted by Gasteiger charge is -2.30. The third-order valence-electron chi connectivity index (χ3n) is 6.32. The van der Waals surface area contributed by atoms with Crippen molar-refractivity contribution >= 4 is 11.8 Å². The molecule has 2 aromatic heterocycles. The number of amides is 2. The maximum atomic E-state index is 13.2. The molecule has 3 heterocycles. The van der Waals surface area contributed by atoms with Gasteiger partial charge in [-0.1, -0.05) is 33.3 Å². The molecule has 0 aromatic carbocycles. The van der Waals surface area contributed by atoms with Crippen molar-refractivity contribution < 1.29 is 9.59 Å². The molecule has 7 nitrogen and oxygen atoms in total. The summed E-state index contributed by atoms with van der Waals surface area (Å²) in [5, 5.41) is 7.98. The predicted molar refractivity (Wildman–Crippen MR) is 119 cm³/mol. The molecular formula is C24H33N5O2. The quantitative estimate of drug-likeness (QED) is 0.709. The highest BCUT2D eigenvalue weighted by molar-refractivity contribution is 6.00. The van der Waals surface area contributed by atoms with E-state index >= 15 is 0 Å². The van der Waals surface area contributed by atoms with E-state index in [1.807, 2.05) is 27.8 Å². The lowest BCUT2D eigenvalue weighted by Crippen LogP contribution is -2.40. The molecule has 2 aromatic rings. The number of nitrogens with one attached hydrogen (secondary N) is 1. The van der Waals surface area contributed by atoms with E-state index in [1.165, 1.54) is 0 Å². The summed E-state index contributed by atoms with van der Waals surface area (Å²) in [5.41, 5.74) is 3.31. The van der Waals surface area contributed by atoms with E-state index in [-0.39, 0.29) is 23.3 Å². The monoisotopic (exact) mass is 423 g/mol. The summed E-state index contributed by atoms with van der Waals surface area (Å²) in [6.07, 6.45) is 6.85. The minimum Gasteiger partial charge on any atom is -0.338 e. The average Bonchev–Trinajstić information content (AvgIpc) is 3.33. The second-order valence-corrected chi connectivity index (χ2v) is 9.56. The van der Waals surface area contributed by atoms with Gasteiger partial charge < -0.3 is 10.2 Å². The van der Waals surface area contributed by atoms with Gasteiger partial charge in [-0.05, 0) is 43.2 Å². The van der Waals surface area contributed by atoms with Crippen LogP contribution in [0.3, 0.4) is 0 Å². The molecule has 2 aliphatic rings. The number of nitrogens with zero attached hydrogens (tertiary/aromatic N) is 4. The number of hydrogen-bond donors (Lipinski definition) is 1. The van der Waals surface area contributed by atoms with Gasteiger partial charge in [-0.3, -0.25) is 14.5 Å². The molecule has 1 aliphatic heterocycles. The number of carbonyl (C=O) groups is 2. The summed E-state index contributed by atoms with van der Waals surface area (Å²) in [4.78, 5) is 32.4. The molecule has 1 fully saturated rings. The first kappa shape index (κ1) is 21.5. The Hall–Kier alpha value is -2.70. The molecule has 1 atom stereocenters. The first-order valence-electron chi connectivity index (χ1n) is 11.5. The maximum Gasteiger partial charge on any atom is 0.317 e. The minimum atomic E-state index is -0.148. The number of hydrogen-bond acceptors (Lipinski definition) is 4. The van der Waals surface area contributed by atoms with E-state index in [0.29, 0.717) is 26.1 Å². The topological polar surface area (TPSA) is 80.1 Å². The standard InChI is InChI=1S/C24H33N5O2/c1-4-5-11-26-23(31)28-13-8-10-18(28)22-21-19(14-24(2,3)15-20(21)30)29(27-22)16-17-9-6-7-12-25-17/h6-7,9,12,18H,4-5,8,10-11,13-16H2,1-3H3,(H,26,31)/t18-/m0/s1. The number of fused-ring (bicyclic) bond motifs is 1. The van der Waals surface area contributed by atoms with Crippen molar-refractivity contribution in [3.63, 3.8) is 0 Å². The van der Waals surface area contributed by atoms with Crippen LogP contribution in [0.2, 0.25) is 0 Å². The molecule has 4 rings (SSSR count). The van der Waals surface area contributed by atoms with Gasteiger partial charge in [0.05, 0.1) is 35.2 Å². The zero-order valence-electron chi connectivity index (χ0n) is 18.9. The molecule has 1 aliphatic carbocycles. The SMILES string of the molecule is CCCCNC(=O)N1CCC[C@H]1c1nn(Cc2ccccn2)c2c1C(=O)CC(C)(C)C2. The van der Waals surface area contributed by atoms with Crippen LogP contribution in [0.25, 0.3) is 0 Å². The van der Waals surface area contributed by atoms with Crippen molar-refractivity contribution in [3.8, 4) is 0 Å². The zero-order valence-corrected chi connectivity index (χ0v) is 18.9. The molecule has 0 spiro atoms. The predicted octanol–water partition coefficient (Wildman–Crippen LogP) is 4.13. The van der Waals surface area contributed by atoms with Crippen molar-refractivity contribution in [2.24, 2.45) is 5.41 Å². The first-order chi connectivity index (χ1) is 14.9. The van der Waals surface area contributed by atoms with Crippen LogP contribution in [-0.4, -0.2) is 44.6 Å². The van der Waals surface area contributed by atoms with Crippen LogP contribution in [-0.2, 0) is 13.0 Å². The Labute approximate surface area is 184 Å². The van der Waals surface area contributed by atoms with E-state index in [1.54, 1.807) is 6.20 Å². The van der Waals surface area contributed by atoms with Gasteiger partial charge in [0, 0.05) is 25.7 Å². The number of pyridine rings is 1. The molecular weight excluding hydrogens is 390 g/mol. The van der Waals surface area contributed by atoms with Crippen LogP contribution in [0.4, 0.5) is 4.79 Å². The molecule has 1 saturated heterocycles. The lowest BCUT2D eigenvalue weighted by molar-refractivity contribution is 0.0907. The molecule has 2 amide bonds. The molecule has 0 radical (unpaired) electrons. The van der Waals surface area contributed by atoms with E-state index in [2.05, 4.69) is 31.1 Å². The van der Waals surface area contributed by atoms with E-state index in [9.17, 15) is 9.59 Å². The summed E-state index contributed by atoms with van der Waals surface area (Å²) in [5.74, 6) is 0.145. The minimum absolute atomic E-state index is 0.0486. The molecule has 0 bridgehead atoms. The third-order valence-corrected chi connectivity index (χ3v) is 6.32. The second-order valence-electron chi connectivity index (χ2n) is 9.56. The normalized spacial score (nSPS) is 20.0. The van der Waals surface area contributed by atoms with Crippen LogP contribution in [0.15, 0.2) is 24.4 Å². The van der Waals surface area contributed by atoms with Crippen molar-refractivity contribution in [2.75, 3.05) is 13.1 Å².